The number of amides is 2. The van der Waals surface area contributed by atoms with E-state index in [1.54, 1.807) is 24.5 Å². The van der Waals surface area contributed by atoms with Crippen molar-refractivity contribution in [2.75, 3.05) is 0 Å². The molecule has 2 amide bonds. The van der Waals surface area contributed by atoms with E-state index in [0.717, 1.165) is 16.7 Å². The number of aromatic nitrogens is 1. The van der Waals surface area contributed by atoms with Gasteiger partial charge in [0.2, 0.25) is 0 Å². The molecule has 0 aliphatic carbocycles. The highest BCUT2D eigenvalue weighted by Crippen LogP contribution is 2.02. The van der Waals surface area contributed by atoms with Crippen molar-refractivity contribution in [2.24, 2.45) is 0 Å². The molecule has 0 saturated heterocycles. The average Bonchev–Trinajstić information content (AvgIpc) is 2.52. The van der Waals surface area contributed by atoms with Gasteiger partial charge in [0.15, 0.2) is 0 Å². The van der Waals surface area contributed by atoms with E-state index in [1.165, 1.54) is 0 Å². The Morgan fingerprint density at radius 1 is 0.857 bits per heavy atom. The summed E-state index contributed by atoms with van der Waals surface area (Å²) in [5.41, 5.74) is 3.00. The molecule has 0 aliphatic rings. The largest absolute Gasteiger partial charge is 0.344 e. The molecular formula is C16H17N3O2. The summed E-state index contributed by atoms with van der Waals surface area (Å²) in [6.45, 7) is 2.63. The molecule has 1 heterocycles. The SMILES string of the molecule is Cc1ccc(CNC(=O)C(=O)NCc2ccncc2)cc1. The number of aryl methyl sites for hydroxylation is 1. The molecule has 2 rings (SSSR count). The molecule has 1 aromatic heterocycles. The maximum Gasteiger partial charge on any atom is 0.309 e. The van der Waals surface area contributed by atoms with E-state index in [-0.39, 0.29) is 0 Å². The van der Waals surface area contributed by atoms with Crippen LogP contribution in [0.3, 0.4) is 0 Å². The highest BCUT2D eigenvalue weighted by molar-refractivity contribution is 6.35. The van der Waals surface area contributed by atoms with Crippen LogP contribution in [0.2, 0.25) is 0 Å². The predicted molar refractivity (Wildman–Crippen MR) is 79.1 cm³/mol. The van der Waals surface area contributed by atoms with Crippen molar-refractivity contribution in [1.82, 2.24) is 15.6 Å². The second kappa shape index (κ2) is 7.19. The van der Waals surface area contributed by atoms with E-state index >= 15 is 0 Å². The van der Waals surface area contributed by atoms with E-state index in [4.69, 9.17) is 0 Å². The molecule has 0 fully saturated rings. The predicted octanol–water partition coefficient (Wildman–Crippen LogP) is 1.32. The zero-order valence-corrected chi connectivity index (χ0v) is 11.8. The summed E-state index contributed by atoms with van der Waals surface area (Å²) in [6, 6.07) is 11.3. The third-order valence-electron chi connectivity index (χ3n) is 2.98. The number of hydrogen-bond donors (Lipinski definition) is 2. The van der Waals surface area contributed by atoms with Gasteiger partial charge in [-0.1, -0.05) is 29.8 Å². The fourth-order valence-electron chi connectivity index (χ4n) is 1.73. The summed E-state index contributed by atoms with van der Waals surface area (Å²) in [6.07, 6.45) is 3.28. The third-order valence-corrected chi connectivity index (χ3v) is 2.98. The lowest BCUT2D eigenvalue weighted by molar-refractivity contribution is -0.139. The van der Waals surface area contributed by atoms with Crippen molar-refractivity contribution in [2.45, 2.75) is 20.0 Å². The Morgan fingerprint density at radius 2 is 1.33 bits per heavy atom. The summed E-state index contributed by atoms with van der Waals surface area (Å²) in [7, 11) is 0. The van der Waals surface area contributed by atoms with Crippen LogP contribution in [0.1, 0.15) is 16.7 Å². The highest BCUT2D eigenvalue weighted by Gasteiger charge is 2.12. The lowest BCUT2D eigenvalue weighted by atomic mass is 10.1. The van der Waals surface area contributed by atoms with E-state index in [9.17, 15) is 9.59 Å². The molecule has 0 aliphatic heterocycles. The van der Waals surface area contributed by atoms with Crippen molar-refractivity contribution >= 4 is 11.8 Å². The second-order valence-corrected chi connectivity index (χ2v) is 4.71. The van der Waals surface area contributed by atoms with Crippen molar-refractivity contribution in [3.05, 3.63) is 65.5 Å². The average molecular weight is 283 g/mol. The summed E-state index contributed by atoms with van der Waals surface area (Å²) >= 11 is 0. The number of pyridine rings is 1. The van der Waals surface area contributed by atoms with Gasteiger partial charge in [0.25, 0.3) is 0 Å². The molecule has 0 unspecified atom stereocenters. The van der Waals surface area contributed by atoms with Gasteiger partial charge in [0, 0.05) is 25.5 Å². The number of nitrogens with one attached hydrogen (secondary N) is 2. The second-order valence-electron chi connectivity index (χ2n) is 4.71. The molecule has 5 heteroatoms. The number of rotatable bonds is 4. The Kier molecular flexibility index (Phi) is 5.04. The van der Waals surface area contributed by atoms with Gasteiger partial charge in [-0.3, -0.25) is 14.6 Å². The topological polar surface area (TPSA) is 71.1 Å². The number of benzene rings is 1. The van der Waals surface area contributed by atoms with Crippen LogP contribution in [0.4, 0.5) is 0 Å². The van der Waals surface area contributed by atoms with Crippen LogP contribution >= 0.6 is 0 Å². The van der Waals surface area contributed by atoms with Crippen molar-refractivity contribution in [3.8, 4) is 0 Å². The van der Waals surface area contributed by atoms with Crippen LogP contribution in [0, 0.1) is 6.92 Å². The molecule has 1 aromatic carbocycles. The van der Waals surface area contributed by atoms with Gasteiger partial charge in [-0.2, -0.15) is 0 Å². The number of carbonyl (C=O) groups is 2. The van der Waals surface area contributed by atoms with Crippen molar-refractivity contribution in [3.63, 3.8) is 0 Å². The minimum atomic E-state index is -0.640. The van der Waals surface area contributed by atoms with Gasteiger partial charge in [-0.25, -0.2) is 0 Å². The van der Waals surface area contributed by atoms with Gasteiger partial charge < -0.3 is 10.6 Å². The molecule has 0 bridgehead atoms. The smallest absolute Gasteiger partial charge is 0.309 e. The Labute approximate surface area is 123 Å². The lowest BCUT2D eigenvalue weighted by Gasteiger charge is -2.07. The van der Waals surface area contributed by atoms with E-state index in [1.807, 2.05) is 31.2 Å². The molecule has 2 aromatic rings. The van der Waals surface area contributed by atoms with Crippen LogP contribution in [0.25, 0.3) is 0 Å². The van der Waals surface area contributed by atoms with Gasteiger partial charge in [0.1, 0.15) is 0 Å². The lowest BCUT2D eigenvalue weighted by Crippen LogP contribution is -2.39. The first-order valence-corrected chi connectivity index (χ1v) is 6.65. The summed E-state index contributed by atoms with van der Waals surface area (Å²) < 4.78 is 0. The van der Waals surface area contributed by atoms with Crippen LogP contribution in [-0.2, 0) is 22.7 Å². The first kappa shape index (κ1) is 14.7. The first-order chi connectivity index (χ1) is 10.1. The normalized spacial score (nSPS) is 9.95. The van der Waals surface area contributed by atoms with Gasteiger partial charge in [-0.05, 0) is 30.2 Å². The zero-order valence-electron chi connectivity index (χ0n) is 11.8. The Hall–Kier alpha value is -2.69. The van der Waals surface area contributed by atoms with E-state index in [0.29, 0.717) is 13.1 Å². The molecule has 108 valence electrons. The van der Waals surface area contributed by atoms with Crippen molar-refractivity contribution in [1.29, 1.82) is 0 Å². The summed E-state index contributed by atoms with van der Waals surface area (Å²) in [5, 5.41) is 5.16. The number of nitrogens with zero attached hydrogens (tertiary/aromatic N) is 1. The molecule has 2 N–H and O–H groups in total. The third kappa shape index (κ3) is 4.72. The fraction of sp³-hybridized carbons (Fsp3) is 0.188. The highest BCUT2D eigenvalue weighted by atomic mass is 16.2. The van der Waals surface area contributed by atoms with Crippen molar-refractivity contribution < 1.29 is 9.59 Å². The van der Waals surface area contributed by atoms with Gasteiger partial charge in [-0.15, -0.1) is 0 Å². The minimum absolute atomic E-state index is 0.305. The fourth-order valence-corrected chi connectivity index (χ4v) is 1.73. The number of hydrogen-bond acceptors (Lipinski definition) is 3. The van der Waals surface area contributed by atoms with Crippen LogP contribution in [-0.4, -0.2) is 16.8 Å². The van der Waals surface area contributed by atoms with Crippen LogP contribution in [0.15, 0.2) is 48.8 Å². The Bertz CT molecular complexity index is 609. The van der Waals surface area contributed by atoms with Gasteiger partial charge in [0.05, 0.1) is 0 Å². The summed E-state index contributed by atoms with van der Waals surface area (Å²) in [4.78, 5) is 27.2. The molecule has 0 radical (unpaired) electrons. The molecule has 0 spiro atoms. The van der Waals surface area contributed by atoms with E-state index < -0.39 is 11.8 Å². The standard InChI is InChI=1S/C16H17N3O2/c1-12-2-4-13(5-3-12)10-18-15(20)16(21)19-11-14-6-8-17-9-7-14/h2-9H,10-11H2,1H3,(H,18,20)(H,19,21). The number of carbonyl (C=O) groups excluding carboxylic acids is 2. The van der Waals surface area contributed by atoms with Crippen LogP contribution in [0.5, 0.6) is 0 Å². The monoisotopic (exact) mass is 283 g/mol. The molecular weight excluding hydrogens is 266 g/mol. The van der Waals surface area contributed by atoms with E-state index in [2.05, 4.69) is 15.6 Å². The van der Waals surface area contributed by atoms with Crippen LogP contribution < -0.4 is 10.6 Å². The molecule has 5 nitrogen and oxygen atoms in total. The zero-order chi connectivity index (χ0) is 15.1. The summed E-state index contributed by atoms with van der Waals surface area (Å²) in [5.74, 6) is -1.27. The maximum absolute atomic E-state index is 11.7. The quantitative estimate of drug-likeness (QED) is 0.831. The maximum atomic E-state index is 11.7. The molecule has 21 heavy (non-hydrogen) atoms. The van der Waals surface area contributed by atoms with Gasteiger partial charge >= 0.3 is 11.8 Å². The first-order valence-electron chi connectivity index (χ1n) is 6.65. The Balaban J connectivity index is 1.77. The minimum Gasteiger partial charge on any atom is -0.344 e. The molecule has 0 saturated carbocycles. The molecule has 0 atom stereocenters. The Morgan fingerprint density at radius 3 is 1.86 bits per heavy atom.